The zero-order valence-electron chi connectivity index (χ0n) is 13.6. The highest BCUT2D eigenvalue weighted by molar-refractivity contribution is 7.77. The summed E-state index contributed by atoms with van der Waals surface area (Å²) in [7, 11) is 0. The van der Waals surface area contributed by atoms with E-state index in [-0.39, 0.29) is 30.5 Å². The Morgan fingerprint density at radius 1 is 1.22 bits per heavy atom. The number of aryl methyl sites for hydroxylation is 1. The molecule has 0 bridgehead atoms. The summed E-state index contributed by atoms with van der Waals surface area (Å²) in [6.45, 7) is -0.0132. The molecule has 1 heterocycles. The third-order valence-corrected chi connectivity index (χ3v) is 4.33. The Bertz CT molecular complexity index is 1040. The number of hydrogen-bond acceptors (Lipinski definition) is 5. The number of aromatic nitrogens is 1. The van der Waals surface area contributed by atoms with E-state index in [1.165, 1.54) is 18.2 Å². The molecule has 0 aliphatic carbocycles. The van der Waals surface area contributed by atoms with Gasteiger partial charge in [0.2, 0.25) is 0 Å². The maximum Gasteiger partial charge on any atom is 0.199 e. The van der Waals surface area contributed by atoms with Gasteiger partial charge in [0.1, 0.15) is 11.3 Å². The van der Waals surface area contributed by atoms with Gasteiger partial charge in [-0.2, -0.15) is 0 Å². The highest BCUT2D eigenvalue weighted by Gasteiger charge is 2.25. The molecule has 1 N–H and O–H groups in total. The highest BCUT2D eigenvalue weighted by atomic mass is 32.2. The van der Waals surface area contributed by atoms with Crippen LogP contribution in [0.2, 0.25) is 0 Å². The van der Waals surface area contributed by atoms with Gasteiger partial charge in [0, 0.05) is 23.4 Å². The normalized spacial score (nSPS) is 12.4. The van der Waals surface area contributed by atoms with Crippen molar-refractivity contribution in [2.24, 2.45) is 0 Å². The molecule has 1 unspecified atom stereocenters. The molecule has 0 saturated heterocycles. The molecule has 10 heteroatoms. The van der Waals surface area contributed by atoms with Gasteiger partial charge in [-0.05, 0) is 42.7 Å². The van der Waals surface area contributed by atoms with E-state index in [1.54, 1.807) is 0 Å². The number of nitrogens with one attached hydrogen (secondary N) is 1. The maximum atomic E-state index is 14.7. The average Bonchev–Trinajstić information content (AvgIpc) is 3.10. The molecule has 3 rings (SSSR count). The largest absolute Gasteiger partial charge is 0.760 e. The zero-order valence-corrected chi connectivity index (χ0v) is 14.4. The number of benzene rings is 2. The van der Waals surface area contributed by atoms with E-state index < -0.39 is 40.1 Å². The molecule has 1 aromatic heterocycles. The van der Waals surface area contributed by atoms with Crippen LogP contribution < -0.4 is 4.72 Å². The Morgan fingerprint density at radius 2 is 2.00 bits per heavy atom. The monoisotopic (exact) mass is 397 g/mol. The first-order valence-corrected chi connectivity index (χ1v) is 8.83. The third kappa shape index (κ3) is 4.07. The summed E-state index contributed by atoms with van der Waals surface area (Å²) < 4.78 is 70.7. The smallest absolute Gasteiger partial charge is 0.199 e. The first kappa shape index (κ1) is 19.2. The summed E-state index contributed by atoms with van der Waals surface area (Å²) >= 11 is -2.48. The number of rotatable bonds is 7. The molecule has 6 nitrogen and oxygen atoms in total. The molecule has 0 amide bonds. The second-order valence-electron chi connectivity index (χ2n) is 5.62. The lowest BCUT2D eigenvalue weighted by atomic mass is 9.97. The van der Waals surface area contributed by atoms with Gasteiger partial charge >= 0.3 is 0 Å². The van der Waals surface area contributed by atoms with E-state index in [1.807, 2.05) is 0 Å². The Kier molecular flexibility index (Phi) is 5.68. The Morgan fingerprint density at radius 3 is 2.74 bits per heavy atom. The lowest BCUT2D eigenvalue weighted by molar-refractivity contribution is 0.102. The number of halogens is 3. The molecule has 0 aliphatic rings. The van der Waals surface area contributed by atoms with Crippen molar-refractivity contribution in [3.63, 3.8) is 0 Å². The molecule has 27 heavy (non-hydrogen) atoms. The van der Waals surface area contributed by atoms with Crippen LogP contribution in [0.1, 0.15) is 27.9 Å². The summed E-state index contributed by atoms with van der Waals surface area (Å²) in [5.74, 6) is -5.16. The predicted molar refractivity (Wildman–Crippen MR) is 89.0 cm³/mol. The summed E-state index contributed by atoms with van der Waals surface area (Å²) in [6.07, 6.45) is 1.20. The number of nitrogens with zero attached hydrogens (tertiary/aromatic N) is 1. The van der Waals surface area contributed by atoms with Gasteiger partial charge in [-0.1, -0.05) is 0 Å². The number of oxazole rings is 1. The summed E-state index contributed by atoms with van der Waals surface area (Å²) in [5, 5.41) is 0. The van der Waals surface area contributed by atoms with Gasteiger partial charge in [-0.25, -0.2) is 22.9 Å². The van der Waals surface area contributed by atoms with Crippen LogP contribution in [0.3, 0.4) is 0 Å². The molecular formula is C17H12F3N2O4S-. The Labute approximate surface area is 153 Å². The predicted octanol–water partition coefficient (Wildman–Crippen LogP) is 2.79. The second-order valence-corrected chi connectivity index (χ2v) is 6.38. The second kappa shape index (κ2) is 7.99. The molecule has 0 aliphatic heterocycles. The fourth-order valence-corrected chi connectivity index (χ4v) is 2.93. The van der Waals surface area contributed by atoms with Crippen molar-refractivity contribution in [1.29, 1.82) is 0 Å². The highest BCUT2D eigenvalue weighted by Crippen LogP contribution is 2.25. The standard InChI is InChI=1S/C17H13F3N2O4S/c18-11-6-9(2-1-5-22-27(24)25)15(19)14(16(11)20)17(23)10-3-4-13-12(7-10)21-8-26-13/h3-4,6-8,22H,1-2,5H2,(H,24,25)/p-1. The number of fused-ring (bicyclic) bond motifs is 1. The van der Waals surface area contributed by atoms with Gasteiger partial charge < -0.3 is 8.97 Å². The van der Waals surface area contributed by atoms with E-state index in [9.17, 15) is 26.7 Å². The number of hydrogen-bond donors (Lipinski definition) is 1. The first-order chi connectivity index (χ1) is 12.9. The van der Waals surface area contributed by atoms with Gasteiger partial charge in [-0.3, -0.25) is 9.00 Å². The van der Waals surface area contributed by atoms with E-state index >= 15 is 0 Å². The van der Waals surface area contributed by atoms with Crippen LogP contribution in [0.15, 0.2) is 35.1 Å². The SMILES string of the molecule is O=C(c1ccc2ocnc2c1)c1c(F)c(F)cc(CCCNS(=O)[O-])c1F. The van der Waals surface area contributed by atoms with Crippen molar-refractivity contribution in [2.75, 3.05) is 6.54 Å². The lowest BCUT2D eigenvalue weighted by Crippen LogP contribution is -2.18. The zero-order chi connectivity index (χ0) is 19.6. The summed E-state index contributed by atoms with van der Waals surface area (Å²) in [4.78, 5) is 16.4. The van der Waals surface area contributed by atoms with E-state index in [0.29, 0.717) is 17.2 Å². The number of carbonyl (C=O) groups excluding carboxylic acids is 1. The Balaban J connectivity index is 1.93. The Hall–Kier alpha value is -2.56. The minimum absolute atomic E-state index is 0.0132. The minimum Gasteiger partial charge on any atom is -0.760 e. The van der Waals surface area contributed by atoms with Crippen LogP contribution in [0.5, 0.6) is 0 Å². The maximum absolute atomic E-state index is 14.7. The van der Waals surface area contributed by atoms with Crippen molar-refractivity contribution in [2.45, 2.75) is 12.8 Å². The number of carbonyl (C=O) groups is 1. The fraction of sp³-hybridized carbons (Fsp3) is 0.176. The summed E-state index contributed by atoms with van der Waals surface area (Å²) in [5.41, 5.74) is -0.605. The molecule has 1 atom stereocenters. The molecule has 2 aromatic carbocycles. The number of ketones is 1. The van der Waals surface area contributed by atoms with Crippen molar-refractivity contribution in [3.05, 3.63) is 64.8 Å². The molecule has 0 saturated carbocycles. The lowest BCUT2D eigenvalue weighted by Gasteiger charge is -2.11. The summed E-state index contributed by atoms with van der Waals surface area (Å²) in [6, 6.07) is 4.67. The topological polar surface area (TPSA) is 95.3 Å². The molecule has 3 aromatic rings. The quantitative estimate of drug-likeness (QED) is 0.286. The minimum atomic E-state index is -2.48. The average molecular weight is 397 g/mol. The van der Waals surface area contributed by atoms with Crippen LogP contribution >= 0.6 is 0 Å². The van der Waals surface area contributed by atoms with E-state index in [0.717, 1.165) is 6.39 Å². The molecule has 142 valence electrons. The molecular weight excluding hydrogens is 385 g/mol. The van der Waals surface area contributed by atoms with Gasteiger partial charge in [0.25, 0.3) is 0 Å². The van der Waals surface area contributed by atoms with Crippen molar-refractivity contribution in [3.8, 4) is 0 Å². The van der Waals surface area contributed by atoms with Gasteiger partial charge in [0.05, 0.1) is 5.56 Å². The third-order valence-electron chi connectivity index (χ3n) is 3.89. The van der Waals surface area contributed by atoms with E-state index in [2.05, 4.69) is 9.71 Å². The van der Waals surface area contributed by atoms with Crippen LogP contribution in [0.25, 0.3) is 11.1 Å². The van der Waals surface area contributed by atoms with E-state index in [4.69, 9.17) is 4.42 Å². The van der Waals surface area contributed by atoms with Crippen LogP contribution in [-0.2, 0) is 17.7 Å². The van der Waals surface area contributed by atoms with Crippen LogP contribution in [-0.4, -0.2) is 26.1 Å². The first-order valence-electron chi connectivity index (χ1n) is 7.75. The molecule has 0 fully saturated rings. The molecule has 0 radical (unpaired) electrons. The molecule has 0 spiro atoms. The van der Waals surface area contributed by atoms with Gasteiger partial charge in [-0.15, -0.1) is 0 Å². The van der Waals surface area contributed by atoms with Crippen LogP contribution in [0, 0.1) is 17.5 Å². The van der Waals surface area contributed by atoms with Crippen LogP contribution in [0.4, 0.5) is 13.2 Å². The van der Waals surface area contributed by atoms with Crippen molar-refractivity contribution < 1.29 is 31.1 Å². The van der Waals surface area contributed by atoms with Gasteiger partial charge in [0.15, 0.2) is 29.4 Å². The van der Waals surface area contributed by atoms with Crippen molar-refractivity contribution >= 4 is 28.1 Å². The van der Waals surface area contributed by atoms with Crippen molar-refractivity contribution in [1.82, 2.24) is 9.71 Å². The fourth-order valence-electron chi connectivity index (χ4n) is 2.62.